The summed E-state index contributed by atoms with van der Waals surface area (Å²) in [6, 6.07) is 0. The molecule has 0 aliphatic carbocycles. The maximum absolute atomic E-state index is 2.49. The van der Waals surface area contributed by atoms with Crippen molar-refractivity contribution in [3.05, 3.63) is 0 Å². The van der Waals surface area contributed by atoms with Gasteiger partial charge in [-0.05, 0) is 0 Å². The van der Waals surface area contributed by atoms with E-state index in [1.807, 2.05) is 0 Å². The van der Waals surface area contributed by atoms with E-state index in [4.69, 9.17) is 0 Å². The van der Waals surface area contributed by atoms with Crippen LogP contribution in [-0.2, 0) is 21.0 Å². The van der Waals surface area contributed by atoms with Crippen molar-refractivity contribution < 1.29 is 21.0 Å². The van der Waals surface area contributed by atoms with Crippen LogP contribution in [0.4, 0.5) is 0 Å². The first kappa shape index (κ1) is 3.03. The molecule has 0 saturated heterocycles. The van der Waals surface area contributed by atoms with E-state index in [1.54, 1.807) is 4.13 Å². The van der Waals surface area contributed by atoms with Crippen LogP contribution in [0.5, 0.6) is 0 Å². The Hall–Kier alpha value is 0.818. The Morgan fingerprint density at radius 3 is 2.25 bits per heavy atom. The zero-order chi connectivity index (χ0) is 2.99. The van der Waals surface area contributed by atoms with Gasteiger partial charge in [0.15, 0.2) is 0 Å². The predicted molar refractivity (Wildman–Crippen MR) is 19.4 cm³/mol. The Kier molecular flexibility index (Phi) is 0.678. The fraction of sp³-hybridized carbons (Fsp3) is 0.500. The van der Waals surface area contributed by atoms with Gasteiger partial charge in [0.2, 0.25) is 0 Å². The zero-order valence-electron chi connectivity index (χ0n) is 2.78. The summed E-state index contributed by atoms with van der Waals surface area (Å²) in [5, 5.41) is 2.42. The summed E-state index contributed by atoms with van der Waals surface area (Å²) in [5.41, 5.74) is 0. The molecule has 20 valence electrons. The number of hydrogen-bond acceptors (Lipinski definition) is 0. The molecule has 0 amide bonds. The van der Waals surface area contributed by atoms with Crippen molar-refractivity contribution in [2.24, 2.45) is 0 Å². The van der Waals surface area contributed by atoms with E-state index in [0.717, 1.165) is 0 Å². The molecule has 0 radical (unpaired) electrons. The van der Waals surface area contributed by atoms with Crippen LogP contribution in [0.3, 0.4) is 0 Å². The van der Waals surface area contributed by atoms with Crippen molar-refractivity contribution in [3.8, 4) is 0 Å². The Labute approximate surface area is 34.5 Å². The first-order valence-corrected chi connectivity index (χ1v) is 7.17. The van der Waals surface area contributed by atoms with Crippen LogP contribution in [-0.4, -0.2) is 9.09 Å². The summed E-state index contributed by atoms with van der Waals surface area (Å²) < 4.78 is 4.05. The summed E-state index contributed by atoms with van der Waals surface area (Å²) in [6.07, 6.45) is 0. The van der Waals surface area contributed by atoms with Crippen molar-refractivity contribution in [1.29, 1.82) is 0 Å². The summed E-state index contributed by atoms with van der Waals surface area (Å²) in [5.74, 6) is 0. The summed E-state index contributed by atoms with van der Waals surface area (Å²) >= 11 is -0.418. The molecule has 1 aliphatic rings. The first-order chi connectivity index (χ1) is 1.89. The van der Waals surface area contributed by atoms with Crippen molar-refractivity contribution in [2.75, 3.05) is 0 Å². The van der Waals surface area contributed by atoms with Crippen molar-refractivity contribution in [2.45, 2.75) is 4.13 Å². The Morgan fingerprint density at radius 2 is 2.25 bits per heavy atom. The van der Waals surface area contributed by atoms with Crippen molar-refractivity contribution in [3.63, 3.8) is 0 Å². The molecule has 0 fully saturated rings. The molecule has 0 unspecified atom stereocenters. The molecule has 0 aromatic carbocycles. The van der Waals surface area contributed by atoms with Gasteiger partial charge in [0.05, 0.1) is 0 Å². The Bertz CT molecular complexity index is 57.1. The second-order valence-corrected chi connectivity index (χ2v) is 7.42. The Morgan fingerprint density at radius 1 is 2.00 bits per heavy atom. The van der Waals surface area contributed by atoms with Gasteiger partial charge < -0.3 is 0 Å². The van der Waals surface area contributed by atoms with Crippen LogP contribution >= 0.6 is 0 Å². The molecular formula is C2H5BZr. The second kappa shape index (κ2) is 0.896. The van der Waals surface area contributed by atoms with Crippen LogP contribution < -0.4 is 0 Å². The molecule has 4 heavy (non-hydrogen) atoms. The maximum atomic E-state index is 2.49. The average molecular weight is 131 g/mol. The SMILES string of the molecule is [BH2][Zr]1=[CH][CH2]1. The topological polar surface area (TPSA) is 0 Å². The summed E-state index contributed by atoms with van der Waals surface area (Å²) in [7, 11) is 0. The van der Waals surface area contributed by atoms with E-state index >= 15 is 0 Å². The predicted octanol–water partition coefficient (Wildman–Crippen LogP) is -0.613. The molecular weight excluding hydrogens is 126 g/mol. The monoisotopic (exact) mass is 130 g/mol. The van der Waals surface area contributed by atoms with Crippen LogP contribution in [0, 0.1) is 0 Å². The normalized spacial score (nSPS) is 19.5. The molecule has 0 aromatic rings. The van der Waals surface area contributed by atoms with Crippen LogP contribution in [0.1, 0.15) is 0 Å². The van der Waals surface area contributed by atoms with Crippen molar-refractivity contribution in [1.82, 2.24) is 0 Å². The quantitative estimate of drug-likeness (QED) is 0.384. The zero-order valence-corrected chi connectivity index (χ0v) is 5.24. The summed E-state index contributed by atoms with van der Waals surface area (Å²) in [6.45, 7) is 0. The van der Waals surface area contributed by atoms with Gasteiger partial charge in [-0.3, -0.25) is 0 Å². The molecule has 0 bridgehead atoms. The van der Waals surface area contributed by atoms with Gasteiger partial charge in [-0.15, -0.1) is 0 Å². The molecule has 0 atom stereocenters. The minimum atomic E-state index is -0.418. The van der Waals surface area contributed by atoms with Gasteiger partial charge in [-0.25, -0.2) is 0 Å². The second-order valence-electron chi connectivity index (χ2n) is 1.25. The first-order valence-electron chi connectivity index (χ1n) is 1.55. The van der Waals surface area contributed by atoms with Gasteiger partial charge in [0, 0.05) is 0 Å². The Balaban J connectivity index is 2.54. The molecule has 1 heterocycles. The number of hydrogen-bond donors (Lipinski definition) is 0. The third-order valence-corrected chi connectivity index (χ3v) is 3.62. The molecule has 1 aliphatic heterocycles. The van der Waals surface area contributed by atoms with E-state index < -0.39 is 21.0 Å². The van der Waals surface area contributed by atoms with Crippen LogP contribution in [0.25, 0.3) is 0 Å². The molecule has 0 nitrogen and oxygen atoms in total. The molecule has 0 aromatic heterocycles. The summed E-state index contributed by atoms with van der Waals surface area (Å²) in [4.78, 5) is 0. The van der Waals surface area contributed by atoms with Gasteiger partial charge in [0.25, 0.3) is 0 Å². The van der Waals surface area contributed by atoms with Crippen LogP contribution in [0.15, 0.2) is 0 Å². The van der Waals surface area contributed by atoms with E-state index in [0.29, 0.717) is 0 Å². The fourth-order valence-corrected chi connectivity index (χ4v) is 3.57. The number of rotatable bonds is 0. The minimum absolute atomic E-state index is 0.418. The molecule has 0 N–H and O–H groups in total. The van der Waals surface area contributed by atoms with Gasteiger partial charge in [-0.1, -0.05) is 0 Å². The third kappa shape index (κ3) is 0.639. The van der Waals surface area contributed by atoms with E-state index in [1.165, 1.54) is 0 Å². The van der Waals surface area contributed by atoms with Crippen LogP contribution in [0.2, 0.25) is 4.13 Å². The van der Waals surface area contributed by atoms with Gasteiger partial charge in [-0.2, -0.15) is 0 Å². The molecule has 0 saturated carbocycles. The van der Waals surface area contributed by atoms with E-state index in [9.17, 15) is 0 Å². The van der Waals surface area contributed by atoms with E-state index in [2.05, 4.69) is 9.09 Å². The van der Waals surface area contributed by atoms with Crippen molar-refractivity contribution >= 4 is 9.09 Å². The van der Waals surface area contributed by atoms with Gasteiger partial charge in [0.1, 0.15) is 0 Å². The molecule has 2 heteroatoms. The average Bonchev–Trinajstić information content (AvgIpc) is 1.75. The third-order valence-electron chi connectivity index (χ3n) is 0.612. The standard InChI is InChI=1S/C2H3.BH2.Zr/c1-2;;/h1H,2H2;1H2;/q;+1;-1. The van der Waals surface area contributed by atoms with E-state index in [-0.39, 0.29) is 0 Å². The molecule has 1 rings (SSSR count). The molecule has 0 spiro atoms. The van der Waals surface area contributed by atoms with Gasteiger partial charge >= 0.3 is 34.3 Å². The fourth-order valence-electron chi connectivity index (χ4n) is 0.102.